The van der Waals surface area contributed by atoms with Crippen LogP contribution in [-0.4, -0.2) is 38.3 Å². The number of halogens is 2. The van der Waals surface area contributed by atoms with E-state index in [1.807, 2.05) is 13.0 Å². The van der Waals surface area contributed by atoms with Crippen LogP contribution in [0, 0.1) is 0 Å². The van der Waals surface area contributed by atoms with Crippen molar-refractivity contribution in [1.82, 2.24) is 4.90 Å². The fourth-order valence-electron chi connectivity index (χ4n) is 1.80. The van der Waals surface area contributed by atoms with Crippen molar-refractivity contribution in [2.75, 3.05) is 33.4 Å². The second-order valence-electron chi connectivity index (χ2n) is 4.10. The Bertz CT molecular complexity index is 374. The first-order valence-corrected chi connectivity index (χ1v) is 7.61. The maximum Gasteiger partial charge on any atom is 0.0593 e. The van der Waals surface area contributed by atoms with Crippen LogP contribution in [0.3, 0.4) is 0 Å². The molecule has 0 bridgehead atoms. The summed E-state index contributed by atoms with van der Waals surface area (Å²) in [4.78, 5) is 2.23. The Balaban J connectivity index is 2.72. The maximum absolute atomic E-state index is 5.89. The van der Waals surface area contributed by atoms with Gasteiger partial charge in [-0.15, -0.1) is 0 Å². The zero-order chi connectivity index (χ0) is 13.5. The van der Waals surface area contributed by atoms with Crippen molar-refractivity contribution in [2.24, 2.45) is 5.73 Å². The van der Waals surface area contributed by atoms with Gasteiger partial charge in [0.05, 0.1) is 6.61 Å². The summed E-state index contributed by atoms with van der Waals surface area (Å²) in [6, 6.07) is 6.47. The molecule has 0 aliphatic rings. The number of rotatable bonds is 7. The van der Waals surface area contributed by atoms with Crippen LogP contribution in [0.1, 0.15) is 18.5 Å². The number of benzene rings is 1. The molecule has 0 radical (unpaired) electrons. The van der Waals surface area contributed by atoms with E-state index in [1.165, 1.54) is 5.56 Å². The molecule has 2 N–H and O–H groups in total. The normalized spacial score (nSPS) is 13.0. The highest BCUT2D eigenvalue weighted by molar-refractivity contribution is 9.13. The number of nitrogens with zero attached hydrogens (tertiary/aromatic N) is 1. The smallest absolute Gasteiger partial charge is 0.0593 e. The van der Waals surface area contributed by atoms with Crippen molar-refractivity contribution >= 4 is 31.9 Å². The zero-order valence-corrected chi connectivity index (χ0v) is 14.0. The Morgan fingerprint density at radius 3 is 2.61 bits per heavy atom. The van der Waals surface area contributed by atoms with Gasteiger partial charge in [0.25, 0.3) is 0 Å². The molecule has 0 aromatic heterocycles. The van der Waals surface area contributed by atoms with E-state index in [-0.39, 0.29) is 6.04 Å². The molecule has 0 fully saturated rings. The summed E-state index contributed by atoms with van der Waals surface area (Å²) in [5.74, 6) is 0. The van der Waals surface area contributed by atoms with Crippen LogP contribution in [0.15, 0.2) is 27.1 Å². The highest BCUT2D eigenvalue weighted by atomic mass is 79.9. The van der Waals surface area contributed by atoms with Gasteiger partial charge in [0.2, 0.25) is 0 Å². The van der Waals surface area contributed by atoms with Gasteiger partial charge in [-0.3, -0.25) is 4.90 Å². The quantitative estimate of drug-likeness (QED) is 0.739. The number of ether oxygens (including phenoxy) is 1. The lowest BCUT2D eigenvalue weighted by Gasteiger charge is -2.27. The zero-order valence-electron chi connectivity index (χ0n) is 10.8. The minimum atomic E-state index is 0.217. The van der Waals surface area contributed by atoms with Gasteiger partial charge in [0.1, 0.15) is 0 Å². The molecular weight excluding hydrogens is 360 g/mol. The fraction of sp³-hybridized carbons (Fsp3) is 0.538. The van der Waals surface area contributed by atoms with Gasteiger partial charge in [-0.1, -0.05) is 6.07 Å². The van der Waals surface area contributed by atoms with E-state index in [1.54, 1.807) is 0 Å². The Labute approximate surface area is 126 Å². The van der Waals surface area contributed by atoms with Gasteiger partial charge in [-0.25, -0.2) is 0 Å². The monoisotopic (exact) mass is 378 g/mol. The summed E-state index contributed by atoms with van der Waals surface area (Å²) in [6.07, 6.45) is 0. The molecule has 1 rings (SSSR count). The van der Waals surface area contributed by atoms with E-state index in [9.17, 15) is 0 Å². The number of nitrogens with two attached hydrogens (primary N) is 1. The second-order valence-corrected chi connectivity index (χ2v) is 5.81. The Kier molecular flexibility index (Phi) is 7.41. The largest absolute Gasteiger partial charge is 0.380 e. The Hall–Kier alpha value is 0.0600. The van der Waals surface area contributed by atoms with E-state index in [2.05, 4.69) is 55.9 Å². The van der Waals surface area contributed by atoms with Crippen molar-refractivity contribution in [1.29, 1.82) is 0 Å². The topological polar surface area (TPSA) is 38.5 Å². The van der Waals surface area contributed by atoms with Crippen molar-refractivity contribution in [3.63, 3.8) is 0 Å². The highest BCUT2D eigenvalue weighted by Gasteiger charge is 2.15. The first-order chi connectivity index (χ1) is 8.60. The molecular formula is C13H20Br2N2O. The molecule has 18 heavy (non-hydrogen) atoms. The highest BCUT2D eigenvalue weighted by Crippen LogP contribution is 2.28. The molecule has 0 saturated carbocycles. The lowest BCUT2D eigenvalue weighted by molar-refractivity contribution is 0.108. The van der Waals surface area contributed by atoms with Crippen LogP contribution in [0.5, 0.6) is 0 Å². The lowest BCUT2D eigenvalue weighted by Crippen LogP contribution is -2.33. The van der Waals surface area contributed by atoms with Crippen LogP contribution in [0.25, 0.3) is 0 Å². The number of likely N-dealkylation sites (N-methyl/N-ethyl adjacent to an activating group) is 1. The molecule has 102 valence electrons. The lowest BCUT2D eigenvalue weighted by atomic mass is 10.1. The first kappa shape index (κ1) is 16.1. The van der Waals surface area contributed by atoms with E-state index in [0.29, 0.717) is 6.54 Å². The summed E-state index contributed by atoms with van der Waals surface area (Å²) in [7, 11) is 2.08. The molecule has 0 saturated heterocycles. The van der Waals surface area contributed by atoms with Crippen LogP contribution in [0.2, 0.25) is 0 Å². The van der Waals surface area contributed by atoms with E-state index in [0.717, 1.165) is 28.7 Å². The summed E-state index contributed by atoms with van der Waals surface area (Å²) in [5.41, 5.74) is 7.10. The Morgan fingerprint density at radius 1 is 1.33 bits per heavy atom. The third-order valence-electron chi connectivity index (χ3n) is 2.88. The molecule has 0 aliphatic carbocycles. The van der Waals surface area contributed by atoms with E-state index >= 15 is 0 Å². The molecule has 0 heterocycles. The molecule has 1 unspecified atom stereocenters. The van der Waals surface area contributed by atoms with Crippen LogP contribution < -0.4 is 5.73 Å². The average Bonchev–Trinajstić information content (AvgIpc) is 2.35. The molecule has 0 spiro atoms. The third-order valence-corrected chi connectivity index (χ3v) is 4.76. The summed E-state index contributed by atoms with van der Waals surface area (Å²) in [5, 5.41) is 0. The fourth-order valence-corrected chi connectivity index (χ4v) is 2.44. The van der Waals surface area contributed by atoms with Crippen molar-refractivity contribution in [3.05, 3.63) is 32.7 Å². The first-order valence-electron chi connectivity index (χ1n) is 6.03. The second kappa shape index (κ2) is 8.27. The van der Waals surface area contributed by atoms with Crippen molar-refractivity contribution in [3.8, 4) is 0 Å². The van der Waals surface area contributed by atoms with Crippen molar-refractivity contribution in [2.45, 2.75) is 13.0 Å². The molecule has 3 nitrogen and oxygen atoms in total. The van der Waals surface area contributed by atoms with Gasteiger partial charge in [0, 0.05) is 34.7 Å². The average molecular weight is 380 g/mol. The van der Waals surface area contributed by atoms with Crippen molar-refractivity contribution < 1.29 is 4.74 Å². The molecule has 0 amide bonds. The Morgan fingerprint density at radius 2 is 2.06 bits per heavy atom. The third kappa shape index (κ3) is 4.63. The summed E-state index contributed by atoms with van der Waals surface area (Å²) < 4.78 is 7.49. The SMILES string of the molecule is CCOCCN(C)C(CN)c1ccc(Br)c(Br)c1. The minimum absolute atomic E-state index is 0.217. The van der Waals surface area contributed by atoms with Crippen LogP contribution in [0.4, 0.5) is 0 Å². The standard InChI is InChI=1S/C13H20Br2N2O/c1-3-18-7-6-17(2)13(9-16)10-4-5-11(14)12(15)8-10/h4-5,8,13H,3,6-7,9,16H2,1-2H3. The molecule has 1 aromatic rings. The molecule has 5 heteroatoms. The minimum Gasteiger partial charge on any atom is -0.380 e. The van der Waals surface area contributed by atoms with E-state index < -0.39 is 0 Å². The summed E-state index contributed by atoms with van der Waals surface area (Å²) >= 11 is 7.00. The van der Waals surface area contributed by atoms with Crippen LogP contribution in [-0.2, 0) is 4.74 Å². The predicted octanol–water partition coefficient (Wildman–Crippen LogP) is 3.18. The molecule has 1 atom stereocenters. The van der Waals surface area contributed by atoms with Gasteiger partial charge >= 0.3 is 0 Å². The molecule has 1 aromatic carbocycles. The maximum atomic E-state index is 5.89. The summed E-state index contributed by atoms with van der Waals surface area (Å²) in [6.45, 7) is 4.97. The van der Waals surface area contributed by atoms with Gasteiger partial charge in [-0.05, 0) is 63.5 Å². The predicted molar refractivity (Wildman–Crippen MR) is 82.8 cm³/mol. The van der Waals surface area contributed by atoms with Crippen LogP contribution >= 0.6 is 31.9 Å². The van der Waals surface area contributed by atoms with Gasteiger partial charge in [-0.2, -0.15) is 0 Å². The van der Waals surface area contributed by atoms with Gasteiger partial charge in [0.15, 0.2) is 0 Å². The molecule has 0 aliphatic heterocycles. The van der Waals surface area contributed by atoms with E-state index in [4.69, 9.17) is 10.5 Å². The van der Waals surface area contributed by atoms with Gasteiger partial charge < -0.3 is 10.5 Å². The number of hydrogen-bond acceptors (Lipinski definition) is 3. The number of hydrogen-bond donors (Lipinski definition) is 1.